The Labute approximate surface area is 253 Å². The van der Waals surface area contributed by atoms with E-state index in [1.54, 1.807) is 13.8 Å². The van der Waals surface area contributed by atoms with Gasteiger partial charge in [-0.15, -0.1) is 0 Å². The first kappa shape index (κ1) is 36.4. The van der Waals surface area contributed by atoms with Gasteiger partial charge in [0.1, 0.15) is 29.8 Å². The van der Waals surface area contributed by atoms with Gasteiger partial charge < -0.3 is 20.4 Å². The number of likely N-dealkylation sites (tertiary alicyclic amines) is 1. The summed E-state index contributed by atoms with van der Waals surface area (Å²) in [5.74, 6) is -9.95. The summed E-state index contributed by atoms with van der Waals surface area (Å²) in [6.45, 7) is 4.12. The summed E-state index contributed by atoms with van der Waals surface area (Å²) in [7, 11) is 1.26. The monoisotopic (exact) mass is 631 g/mol. The standard InChI is InChI=1S/C29H41F4N5O6/c1-5-7-8-9-23(39)38-16-29(32,33)15-22(38)28(43)37(4)24(17(3)6-2)27(42)35-21(26(41)36-44)10-11-34-25(40)18-12-19(30)14-20(31)13-18/h12-14,17,21-22,24,44H,5-11,15-16H2,1-4H3,(H,34,40)(H,35,42)(H,36,41)/t17?,21?,22-,24?/m0/s1. The molecule has 1 fully saturated rings. The number of hydroxylamine groups is 1. The van der Waals surface area contributed by atoms with Gasteiger partial charge in [-0.05, 0) is 30.9 Å². The van der Waals surface area contributed by atoms with E-state index in [-0.39, 0.29) is 24.9 Å². The van der Waals surface area contributed by atoms with E-state index in [1.807, 2.05) is 6.92 Å². The molecule has 1 aliphatic rings. The summed E-state index contributed by atoms with van der Waals surface area (Å²) >= 11 is 0. The molecule has 1 heterocycles. The summed E-state index contributed by atoms with van der Waals surface area (Å²) in [6.07, 6.45) is 1.23. The van der Waals surface area contributed by atoms with Crippen molar-refractivity contribution in [1.29, 1.82) is 0 Å². The Morgan fingerprint density at radius 1 is 1.07 bits per heavy atom. The number of hydrogen-bond acceptors (Lipinski definition) is 6. The third-order valence-electron chi connectivity index (χ3n) is 7.67. The summed E-state index contributed by atoms with van der Waals surface area (Å²) in [6, 6.07) is -1.96. The van der Waals surface area contributed by atoms with Crippen molar-refractivity contribution in [2.45, 2.75) is 89.8 Å². The third kappa shape index (κ3) is 9.89. The number of hydrogen-bond donors (Lipinski definition) is 4. The zero-order valence-electron chi connectivity index (χ0n) is 25.3. The van der Waals surface area contributed by atoms with Crippen LogP contribution in [-0.2, 0) is 19.2 Å². The quantitative estimate of drug-likeness (QED) is 0.101. The van der Waals surface area contributed by atoms with Gasteiger partial charge in [0, 0.05) is 38.1 Å². The first-order chi connectivity index (χ1) is 20.6. The second kappa shape index (κ2) is 16.4. The van der Waals surface area contributed by atoms with E-state index < -0.39 is 84.1 Å². The van der Waals surface area contributed by atoms with Crippen LogP contribution in [-0.4, -0.2) is 88.7 Å². The van der Waals surface area contributed by atoms with Crippen molar-refractivity contribution in [3.8, 4) is 0 Å². The minimum atomic E-state index is -3.29. The van der Waals surface area contributed by atoms with Gasteiger partial charge in [-0.2, -0.15) is 0 Å². The molecular weight excluding hydrogens is 590 g/mol. The lowest BCUT2D eigenvalue weighted by Crippen LogP contribution is -2.58. The van der Waals surface area contributed by atoms with Crippen LogP contribution in [0, 0.1) is 17.6 Å². The van der Waals surface area contributed by atoms with Gasteiger partial charge in [0.2, 0.25) is 17.7 Å². The number of carbonyl (C=O) groups excluding carboxylic acids is 5. The van der Waals surface area contributed by atoms with E-state index in [0.717, 1.165) is 34.8 Å². The summed E-state index contributed by atoms with van der Waals surface area (Å²) in [5, 5.41) is 14.0. The average molecular weight is 632 g/mol. The fraction of sp³-hybridized carbons (Fsp3) is 0.621. The Morgan fingerprint density at radius 3 is 2.27 bits per heavy atom. The molecule has 246 valence electrons. The zero-order valence-corrected chi connectivity index (χ0v) is 25.3. The third-order valence-corrected chi connectivity index (χ3v) is 7.67. The fourth-order valence-electron chi connectivity index (χ4n) is 5.10. The molecule has 4 atom stereocenters. The second-order valence-corrected chi connectivity index (χ2v) is 11.1. The molecule has 0 radical (unpaired) electrons. The van der Waals surface area contributed by atoms with Crippen LogP contribution < -0.4 is 16.1 Å². The number of amides is 5. The average Bonchev–Trinajstić information content (AvgIpc) is 3.30. The van der Waals surface area contributed by atoms with Crippen molar-refractivity contribution >= 4 is 29.5 Å². The Kier molecular flexibility index (Phi) is 13.5. The van der Waals surface area contributed by atoms with Gasteiger partial charge in [0.15, 0.2) is 0 Å². The molecule has 15 heteroatoms. The highest BCUT2D eigenvalue weighted by Gasteiger charge is 2.51. The smallest absolute Gasteiger partial charge is 0.267 e. The topological polar surface area (TPSA) is 148 Å². The second-order valence-electron chi connectivity index (χ2n) is 11.1. The molecule has 0 saturated carbocycles. The molecule has 4 N–H and O–H groups in total. The molecule has 3 unspecified atom stereocenters. The van der Waals surface area contributed by atoms with Crippen LogP contribution in [0.15, 0.2) is 18.2 Å². The van der Waals surface area contributed by atoms with Gasteiger partial charge >= 0.3 is 0 Å². The Morgan fingerprint density at radius 2 is 1.70 bits per heavy atom. The number of nitrogens with one attached hydrogen (secondary N) is 3. The van der Waals surface area contributed by atoms with E-state index in [4.69, 9.17) is 0 Å². The van der Waals surface area contributed by atoms with E-state index in [1.165, 1.54) is 12.5 Å². The summed E-state index contributed by atoms with van der Waals surface area (Å²) < 4.78 is 55.8. The molecule has 44 heavy (non-hydrogen) atoms. The Balaban J connectivity index is 2.18. The van der Waals surface area contributed by atoms with Gasteiger partial charge in [-0.3, -0.25) is 29.2 Å². The normalized spacial score (nSPS) is 17.8. The largest absolute Gasteiger partial charge is 0.352 e. The predicted molar refractivity (Wildman–Crippen MR) is 150 cm³/mol. The maximum atomic E-state index is 14.4. The number of halogens is 4. The van der Waals surface area contributed by atoms with Crippen LogP contribution >= 0.6 is 0 Å². The van der Waals surface area contributed by atoms with Crippen molar-refractivity contribution in [2.75, 3.05) is 20.1 Å². The fourth-order valence-corrected chi connectivity index (χ4v) is 5.10. The number of nitrogens with zero attached hydrogens (tertiary/aromatic N) is 2. The van der Waals surface area contributed by atoms with Gasteiger partial charge in [0.25, 0.3) is 17.7 Å². The molecular formula is C29H41F4N5O6. The van der Waals surface area contributed by atoms with Gasteiger partial charge in [0.05, 0.1) is 6.54 Å². The Bertz CT molecular complexity index is 1180. The van der Waals surface area contributed by atoms with Gasteiger partial charge in [-0.25, -0.2) is 23.0 Å². The van der Waals surface area contributed by atoms with Crippen LogP contribution in [0.2, 0.25) is 0 Å². The molecule has 2 rings (SSSR count). The van der Waals surface area contributed by atoms with Crippen LogP contribution in [0.25, 0.3) is 0 Å². The van der Waals surface area contributed by atoms with E-state index in [0.29, 0.717) is 18.9 Å². The van der Waals surface area contributed by atoms with Gasteiger partial charge in [-0.1, -0.05) is 40.0 Å². The molecule has 1 aromatic carbocycles. The number of carbonyl (C=O) groups is 5. The number of unbranched alkanes of at least 4 members (excludes halogenated alkanes) is 2. The maximum Gasteiger partial charge on any atom is 0.267 e. The Hall–Kier alpha value is -3.75. The van der Waals surface area contributed by atoms with E-state index in [9.17, 15) is 46.7 Å². The summed E-state index contributed by atoms with van der Waals surface area (Å²) in [5.41, 5.74) is 1.09. The van der Waals surface area contributed by atoms with Crippen LogP contribution in [0.1, 0.15) is 76.1 Å². The lowest BCUT2D eigenvalue weighted by atomic mass is 9.95. The number of likely N-dealkylation sites (N-methyl/N-ethyl adjacent to an activating group) is 1. The lowest BCUT2D eigenvalue weighted by Gasteiger charge is -2.35. The SMILES string of the molecule is CCCCCC(=O)N1CC(F)(F)C[C@H]1C(=O)N(C)C(C(=O)NC(CCNC(=O)c1cc(F)cc(F)c1)C(=O)NO)C(C)CC. The molecule has 11 nitrogen and oxygen atoms in total. The van der Waals surface area contributed by atoms with Crippen molar-refractivity contribution in [1.82, 2.24) is 25.9 Å². The lowest BCUT2D eigenvalue weighted by molar-refractivity contribution is -0.148. The molecule has 0 spiro atoms. The van der Waals surface area contributed by atoms with Crippen molar-refractivity contribution in [3.63, 3.8) is 0 Å². The van der Waals surface area contributed by atoms with Crippen LogP contribution in [0.3, 0.4) is 0 Å². The van der Waals surface area contributed by atoms with Crippen LogP contribution in [0.4, 0.5) is 17.6 Å². The maximum absolute atomic E-state index is 14.4. The first-order valence-corrected chi connectivity index (χ1v) is 14.6. The molecule has 0 aliphatic carbocycles. The minimum absolute atomic E-state index is 0.00926. The summed E-state index contributed by atoms with van der Waals surface area (Å²) in [4.78, 5) is 66.3. The number of alkyl halides is 2. The van der Waals surface area contributed by atoms with Crippen molar-refractivity contribution < 1.29 is 46.7 Å². The first-order valence-electron chi connectivity index (χ1n) is 14.6. The highest BCUT2D eigenvalue weighted by Crippen LogP contribution is 2.34. The number of rotatable bonds is 15. The highest BCUT2D eigenvalue weighted by atomic mass is 19.3. The molecule has 1 saturated heterocycles. The van der Waals surface area contributed by atoms with Crippen LogP contribution in [0.5, 0.6) is 0 Å². The molecule has 0 aromatic heterocycles. The predicted octanol–water partition coefficient (Wildman–Crippen LogP) is 2.76. The van der Waals surface area contributed by atoms with Crippen molar-refractivity contribution in [2.24, 2.45) is 5.92 Å². The van der Waals surface area contributed by atoms with Crippen molar-refractivity contribution in [3.05, 3.63) is 35.4 Å². The zero-order chi connectivity index (χ0) is 33.2. The number of benzene rings is 1. The molecule has 0 bridgehead atoms. The minimum Gasteiger partial charge on any atom is -0.352 e. The molecule has 1 aliphatic heterocycles. The molecule has 1 aromatic rings. The van der Waals surface area contributed by atoms with E-state index >= 15 is 0 Å². The molecule has 5 amide bonds. The van der Waals surface area contributed by atoms with E-state index in [2.05, 4.69) is 10.6 Å². The highest BCUT2D eigenvalue weighted by molar-refractivity contribution is 5.95.